The van der Waals surface area contributed by atoms with Gasteiger partial charge in [0.25, 0.3) is 5.91 Å². The molecule has 0 unspecified atom stereocenters. The van der Waals surface area contributed by atoms with Crippen LogP contribution in [0.15, 0.2) is 34.4 Å². The SMILES string of the molecule is COc1ccc(C(=O)NCCc2nnc(SCC(=O)NC3=NCCS3)n2C)cc1. The molecule has 2 N–H and O–H groups in total. The van der Waals surface area contributed by atoms with Crippen LogP contribution in [-0.4, -0.2) is 63.5 Å². The van der Waals surface area contributed by atoms with Crippen molar-refractivity contribution in [3.63, 3.8) is 0 Å². The van der Waals surface area contributed by atoms with Gasteiger partial charge in [-0.15, -0.1) is 10.2 Å². The van der Waals surface area contributed by atoms with Crippen molar-refractivity contribution < 1.29 is 14.3 Å². The van der Waals surface area contributed by atoms with Gasteiger partial charge in [0.15, 0.2) is 10.3 Å². The number of rotatable bonds is 8. The van der Waals surface area contributed by atoms with E-state index in [1.165, 1.54) is 11.8 Å². The highest BCUT2D eigenvalue weighted by Gasteiger charge is 2.14. The van der Waals surface area contributed by atoms with Gasteiger partial charge in [-0.2, -0.15) is 0 Å². The van der Waals surface area contributed by atoms with Crippen molar-refractivity contribution >= 4 is 40.5 Å². The lowest BCUT2D eigenvalue weighted by Gasteiger charge is -2.07. The number of carbonyl (C=O) groups excluding carboxylic acids is 2. The molecule has 1 aromatic carbocycles. The van der Waals surface area contributed by atoms with E-state index in [-0.39, 0.29) is 17.6 Å². The van der Waals surface area contributed by atoms with Crippen LogP contribution in [0.25, 0.3) is 0 Å². The molecule has 2 heterocycles. The molecule has 29 heavy (non-hydrogen) atoms. The Morgan fingerprint density at radius 2 is 2.07 bits per heavy atom. The second kappa shape index (κ2) is 10.3. The molecule has 9 nitrogen and oxygen atoms in total. The molecule has 2 aromatic rings. The van der Waals surface area contributed by atoms with Crippen molar-refractivity contribution in [1.82, 2.24) is 25.4 Å². The molecule has 0 atom stereocenters. The maximum absolute atomic E-state index is 12.2. The van der Waals surface area contributed by atoms with Crippen molar-refractivity contribution in [2.45, 2.75) is 11.6 Å². The molecule has 0 saturated carbocycles. The molecule has 1 aliphatic heterocycles. The summed E-state index contributed by atoms with van der Waals surface area (Å²) in [7, 11) is 3.43. The first-order valence-corrected chi connectivity index (χ1v) is 10.9. The summed E-state index contributed by atoms with van der Waals surface area (Å²) in [6.45, 7) is 1.17. The third-order valence-electron chi connectivity index (χ3n) is 4.08. The first-order chi connectivity index (χ1) is 14.1. The fourth-order valence-corrected chi connectivity index (χ4v) is 3.99. The largest absolute Gasteiger partial charge is 0.497 e. The molecule has 1 aliphatic rings. The van der Waals surface area contributed by atoms with Crippen LogP contribution in [0, 0.1) is 0 Å². The highest BCUT2D eigenvalue weighted by Crippen LogP contribution is 2.16. The van der Waals surface area contributed by atoms with E-state index < -0.39 is 0 Å². The number of benzene rings is 1. The molecule has 11 heteroatoms. The number of aliphatic imine (C=N–C) groups is 1. The van der Waals surface area contributed by atoms with Crippen molar-refractivity contribution in [3.8, 4) is 5.75 Å². The van der Waals surface area contributed by atoms with Crippen LogP contribution in [0.3, 0.4) is 0 Å². The van der Waals surface area contributed by atoms with Crippen LogP contribution >= 0.6 is 23.5 Å². The van der Waals surface area contributed by atoms with Crippen LogP contribution in [0.2, 0.25) is 0 Å². The number of hydrogen-bond donors (Lipinski definition) is 2. The Kier molecular flexibility index (Phi) is 7.53. The van der Waals surface area contributed by atoms with Gasteiger partial charge >= 0.3 is 0 Å². The van der Waals surface area contributed by atoms with E-state index in [1.807, 2.05) is 11.6 Å². The van der Waals surface area contributed by atoms with Gasteiger partial charge in [-0.05, 0) is 24.3 Å². The van der Waals surface area contributed by atoms with Gasteiger partial charge in [0.05, 0.1) is 19.4 Å². The molecular formula is C18H22N6O3S2. The van der Waals surface area contributed by atoms with E-state index >= 15 is 0 Å². The van der Waals surface area contributed by atoms with Gasteiger partial charge in [-0.25, -0.2) is 0 Å². The molecule has 0 radical (unpaired) electrons. The molecule has 2 amide bonds. The van der Waals surface area contributed by atoms with Crippen LogP contribution in [0.1, 0.15) is 16.2 Å². The number of methoxy groups -OCH3 is 1. The van der Waals surface area contributed by atoms with Crippen molar-refractivity contribution in [2.24, 2.45) is 12.0 Å². The van der Waals surface area contributed by atoms with Crippen LogP contribution in [0.5, 0.6) is 5.75 Å². The summed E-state index contributed by atoms with van der Waals surface area (Å²) in [5.74, 6) is 2.31. The summed E-state index contributed by atoms with van der Waals surface area (Å²) in [5.41, 5.74) is 0.566. The van der Waals surface area contributed by atoms with Gasteiger partial charge in [0.2, 0.25) is 5.91 Å². The molecule has 0 spiro atoms. The third kappa shape index (κ3) is 5.97. The molecular weight excluding hydrogens is 412 g/mol. The number of ether oxygens (including phenoxy) is 1. The van der Waals surface area contributed by atoms with E-state index in [2.05, 4.69) is 25.8 Å². The Morgan fingerprint density at radius 1 is 1.28 bits per heavy atom. The minimum Gasteiger partial charge on any atom is -0.497 e. The van der Waals surface area contributed by atoms with Gasteiger partial charge < -0.3 is 19.9 Å². The molecule has 0 aliphatic carbocycles. The molecule has 0 fully saturated rings. The first kappa shape index (κ1) is 21.2. The van der Waals surface area contributed by atoms with Gasteiger partial charge in [-0.3, -0.25) is 14.6 Å². The molecule has 154 valence electrons. The van der Waals surface area contributed by atoms with E-state index in [4.69, 9.17) is 4.74 Å². The third-order valence-corrected chi connectivity index (χ3v) is 5.99. The Balaban J connectivity index is 1.44. The second-order valence-electron chi connectivity index (χ2n) is 6.06. The van der Waals surface area contributed by atoms with Crippen molar-refractivity contribution in [2.75, 3.05) is 31.7 Å². The fourth-order valence-electron chi connectivity index (χ4n) is 2.52. The zero-order valence-electron chi connectivity index (χ0n) is 16.2. The van der Waals surface area contributed by atoms with Gasteiger partial charge in [0.1, 0.15) is 11.6 Å². The number of aromatic nitrogens is 3. The molecule has 0 bridgehead atoms. The number of carbonyl (C=O) groups is 2. The minimum atomic E-state index is -0.159. The maximum Gasteiger partial charge on any atom is 0.251 e. The molecule has 0 saturated heterocycles. The summed E-state index contributed by atoms with van der Waals surface area (Å²) < 4.78 is 6.92. The standard InChI is InChI=1S/C18H22N6O3S2/c1-24-14(7-8-19-16(26)12-3-5-13(27-2)6-4-12)22-23-18(24)29-11-15(25)21-17-20-9-10-28-17/h3-6H,7-11H2,1-2H3,(H,19,26)(H,20,21,25). The number of hydrogen-bond acceptors (Lipinski definition) is 8. The number of amides is 2. The van der Waals surface area contributed by atoms with E-state index in [0.717, 1.165) is 18.1 Å². The Hall–Kier alpha value is -2.53. The first-order valence-electron chi connectivity index (χ1n) is 8.97. The van der Waals surface area contributed by atoms with E-state index in [1.54, 1.807) is 43.1 Å². The zero-order chi connectivity index (χ0) is 20.6. The zero-order valence-corrected chi connectivity index (χ0v) is 17.8. The summed E-state index contributed by atoms with van der Waals surface area (Å²) in [4.78, 5) is 28.4. The summed E-state index contributed by atoms with van der Waals surface area (Å²) >= 11 is 2.86. The Bertz CT molecular complexity index is 898. The lowest BCUT2D eigenvalue weighted by atomic mass is 10.2. The lowest BCUT2D eigenvalue weighted by molar-refractivity contribution is -0.117. The molecule has 1 aromatic heterocycles. The highest BCUT2D eigenvalue weighted by atomic mass is 32.2. The van der Waals surface area contributed by atoms with Gasteiger partial charge in [-0.1, -0.05) is 23.5 Å². The van der Waals surface area contributed by atoms with Gasteiger partial charge in [0, 0.05) is 31.3 Å². The van der Waals surface area contributed by atoms with Crippen molar-refractivity contribution in [1.29, 1.82) is 0 Å². The Labute approximate surface area is 177 Å². The lowest BCUT2D eigenvalue weighted by Crippen LogP contribution is -2.29. The average molecular weight is 435 g/mol. The van der Waals surface area contributed by atoms with E-state index in [9.17, 15) is 9.59 Å². The number of amidine groups is 1. The summed E-state index contributed by atoms with van der Waals surface area (Å²) in [6, 6.07) is 6.92. The molecule has 3 rings (SSSR count). The Morgan fingerprint density at radius 3 is 2.76 bits per heavy atom. The van der Waals surface area contributed by atoms with Crippen LogP contribution < -0.4 is 15.4 Å². The monoisotopic (exact) mass is 434 g/mol. The van der Waals surface area contributed by atoms with Crippen LogP contribution in [0.4, 0.5) is 0 Å². The number of nitrogens with zero attached hydrogens (tertiary/aromatic N) is 4. The smallest absolute Gasteiger partial charge is 0.251 e. The minimum absolute atomic E-state index is 0.112. The van der Waals surface area contributed by atoms with Crippen LogP contribution in [-0.2, 0) is 18.3 Å². The summed E-state index contributed by atoms with van der Waals surface area (Å²) in [5, 5.41) is 15.3. The number of thioether (sulfide) groups is 2. The number of nitrogens with one attached hydrogen (secondary N) is 2. The normalized spacial score (nSPS) is 13.1. The fraction of sp³-hybridized carbons (Fsp3) is 0.389. The summed E-state index contributed by atoms with van der Waals surface area (Å²) in [6.07, 6.45) is 0.533. The quantitative estimate of drug-likeness (QED) is 0.599. The predicted octanol–water partition coefficient (Wildman–Crippen LogP) is 1.11. The highest BCUT2D eigenvalue weighted by molar-refractivity contribution is 8.14. The van der Waals surface area contributed by atoms with E-state index in [0.29, 0.717) is 34.6 Å². The second-order valence-corrected chi connectivity index (χ2v) is 8.09. The average Bonchev–Trinajstić information content (AvgIpc) is 3.36. The topological polar surface area (TPSA) is 110 Å². The maximum atomic E-state index is 12.2. The predicted molar refractivity (Wildman–Crippen MR) is 114 cm³/mol. The van der Waals surface area contributed by atoms with Crippen molar-refractivity contribution in [3.05, 3.63) is 35.7 Å².